The summed E-state index contributed by atoms with van der Waals surface area (Å²) in [6.45, 7) is 2.79. The van der Waals surface area contributed by atoms with E-state index >= 15 is 0 Å². The van der Waals surface area contributed by atoms with Gasteiger partial charge in [0.1, 0.15) is 11.9 Å². The van der Waals surface area contributed by atoms with Gasteiger partial charge in [-0.2, -0.15) is 0 Å². The first-order chi connectivity index (χ1) is 14.8. The van der Waals surface area contributed by atoms with Crippen molar-refractivity contribution in [1.29, 1.82) is 0 Å². The first-order valence-electron chi connectivity index (χ1n) is 10.2. The van der Waals surface area contributed by atoms with E-state index in [-0.39, 0.29) is 34.9 Å². The number of carbonyl (C=O) groups excluding carboxylic acids is 1. The zero-order valence-corrected chi connectivity index (χ0v) is 18.7. The van der Waals surface area contributed by atoms with Crippen LogP contribution in [0.1, 0.15) is 25.3 Å². The minimum absolute atomic E-state index is 0.0139. The van der Waals surface area contributed by atoms with Crippen molar-refractivity contribution in [3.05, 3.63) is 53.8 Å². The van der Waals surface area contributed by atoms with Crippen LogP contribution in [0.4, 0.5) is 4.39 Å². The number of halogens is 1. The summed E-state index contributed by atoms with van der Waals surface area (Å²) in [4.78, 5) is 19.1. The Morgan fingerprint density at radius 1 is 1.19 bits per heavy atom. The van der Waals surface area contributed by atoms with Crippen molar-refractivity contribution in [2.75, 3.05) is 18.8 Å². The monoisotopic (exact) mass is 462 g/mol. The molecule has 3 aromatic rings. The maximum absolute atomic E-state index is 13.3. The molecule has 164 valence electrons. The first-order valence-corrected chi connectivity index (χ1v) is 12.6. The fraction of sp³-hybridized carbons (Fsp3) is 0.364. The number of thiazole rings is 1. The highest BCUT2D eigenvalue weighted by molar-refractivity contribution is 7.91. The van der Waals surface area contributed by atoms with E-state index < -0.39 is 9.84 Å². The molecule has 0 unspecified atom stereocenters. The number of fused-ring (bicyclic) bond motifs is 1. The summed E-state index contributed by atoms with van der Waals surface area (Å²) < 4.78 is 43.9. The Kier molecular flexibility index (Phi) is 6.24. The van der Waals surface area contributed by atoms with Crippen molar-refractivity contribution in [1.82, 2.24) is 9.88 Å². The number of benzene rings is 2. The second kappa shape index (κ2) is 8.92. The van der Waals surface area contributed by atoms with Gasteiger partial charge in [0.25, 0.3) is 5.19 Å². The maximum Gasteiger partial charge on any atom is 0.274 e. The van der Waals surface area contributed by atoms with Crippen molar-refractivity contribution in [2.45, 2.75) is 37.2 Å². The molecule has 6 nitrogen and oxygen atoms in total. The number of rotatable bonds is 6. The Balaban J connectivity index is 1.30. The van der Waals surface area contributed by atoms with Gasteiger partial charge in [-0.15, -0.1) is 0 Å². The molecule has 0 bridgehead atoms. The van der Waals surface area contributed by atoms with Gasteiger partial charge < -0.3 is 9.64 Å². The Labute approximate surface area is 184 Å². The van der Waals surface area contributed by atoms with Crippen LogP contribution in [0.3, 0.4) is 0 Å². The minimum Gasteiger partial charge on any atom is -0.467 e. The van der Waals surface area contributed by atoms with Gasteiger partial charge in [-0.3, -0.25) is 4.79 Å². The van der Waals surface area contributed by atoms with Crippen molar-refractivity contribution in [2.24, 2.45) is 0 Å². The van der Waals surface area contributed by atoms with Gasteiger partial charge >= 0.3 is 0 Å². The van der Waals surface area contributed by atoms with Crippen LogP contribution in [0, 0.1) is 5.82 Å². The predicted octanol–water partition coefficient (Wildman–Crippen LogP) is 3.84. The Morgan fingerprint density at radius 3 is 2.58 bits per heavy atom. The molecule has 0 N–H and O–H groups in total. The molecule has 0 aliphatic carbocycles. The van der Waals surface area contributed by atoms with E-state index in [1.165, 1.54) is 23.5 Å². The Morgan fingerprint density at radius 2 is 1.90 bits per heavy atom. The molecule has 2 heterocycles. The average molecular weight is 463 g/mol. The number of piperidine rings is 1. The van der Waals surface area contributed by atoms with Crippen LogP contribution in [0.25, 0.3) is 10.2 Å². The molecule has 0 spiro atoms. The summed E-state index contributed by atoms with van der Waals surface area (Å²) >= 11 is 1.32. The lowest BCUT2D eigenvalue weighted by Gasteiger charge is -2.31. The second-order valence-electron chi connectivity index (χ2n) is 7.51. The standard InChI is InChI=1S/C22H23FN2O4S2/c1-2-31(27,28)18-6-3-15(4-7-18)13-21(26)25-11-9-17(10-12-25)29-22-24-19-8-5-16(23)14-20(19)30-22/h3-8,14,17H,2,9-13H2,1H3. The Bertz CT molecular complexity index is 1180. The zero-order valence-electron chi connectivity index (χ0n) is 17.1. The third-order valence-electron chi connectivity index (χ3n) is 5.41. The second-order valence-corrected chi connectivity index (χ2v) is 10.8. The summed E-state index contributed by atoms with van der Waals surface area (Å²) in [7, 11) is -3.24. The third kappa shape index (κ3) is 5.04. The summed E-state index contributed by atoms with van der Waals surface area (Å²) in [6, 6.07) is 11.0. The molecule has 31 heavy (non-hydrogen) atoms. The molecule has 1 fully saturated rings. The number of aromatic nitrogens is 1. The lowest BCUT2D eigenvalue weighted by molar-refractivity contribution is -0.132. The first kappa shape index (κ1) is 21.7. The van der Waals surface area contributed by atoms with Crippen LogP contribution >= 0.6 is 11.3 Å². The third-order valence-corrected chi connectivity index (χ3v) is 8.07. The van der Waals surface area contributed by atoms with Crippen molar-refractivity contribution in [3.63, 3.8) is 0 Å². The molecular formula is C22H23FN2O4S2. The fourth-order valence-electron chi connectivity index (χ4n) is 3.56. The number of hydrogen-bond acceptors (Lipinski definition) is 6. The van der Waals surface area contributed by atoms with Gasteiger partial charge in [-0.05, 0) is 35.9 Å². The van der Waals surface area contributed by atoms with Crippen LogP contribution in [-0.4, -0.2) is 49.2 Å². The van der Waals surface area contributed by atoms with Gasteiger partial charge in [0, 0.05) is 25.9 Å². The average Bonchev–Trinajstić information content (AvgIpc) is 3.16. The summed E-state index contributed by atoms with van der Waals surface area (Å²) in [5, 5.41) is 0.521. The molecule has 1 aromatic heterocycles. The van der Waals surface area contributed by atoms with Crippen LogP contribution in [-0.2, 0) is 21.1 Å². The van der Waals surface area contributed by atoms with Crippen molar-refractivity contribution in [3.8, 4) is 5.19 Å². The van der Waals surface area contributed by atoms with E-state index in [9.17, 15) is 17.6 Å². The highest BCUT2D eigenvalue weighted by Gasteiger charge is 2.25. The van der Waals surface area contributed by atoms with Crippen LogP contribution in [0.15, 0.2) is 47.4 Å². The van der Waals surface area contributed by atoms with E-state index in [0.717, 1.165) is 10.3 Å². The predicted molar refractivity (Wildman–Crippen MR) is 118 cm³/mol. The number of ether oxygens (including phenoxy) is 1. The van der Waals surface area contributed by atoms with Crippen molar-refractivity contribution < 1.29 is 22.3 Å². The molecule has 1 aliphatic heterocycles. The minimum atomic E-state index is -3.24. The molecule has 1 amide bonds. The van der Waals surface area contributed by atoms with Gasteiger partial charge in [0.15, 0.2) is 9.84 Å². The molecule has 2 aromatic carbocycles. The number of sulfone groups is 1. The molecule has 1 aliphatic rings. The van der Waals surface area contributed by atoms with Gasteiger partial charge in [0.2, 0.25) is 5.91 Å². The van der Waals surface area contributed by atoms with E-state index in [4.69, 9.17) is 4.74 Å². The molecule has 0 saturated carbocycles. The molecular weight excluding hydrogens is 439 g/mol. The number of nitrogens with zero attached hydrogens (tertiary/aromatic N) is 2. The summed E-state index contributed by atoms with van der Waals surface area (Å²) in [5.41, 5.74) is 1.51. The van der Waals surface area contributed by atoms with E-state index in [0.29, 0.717) is 36.6 Å². The van der Waals surface area contributed by atoms with Crippen LogP contribution < -0.4 is 4.74 Å². The largest absolute Gasteiger partial charge is 0.467 e. The van der Waals surface area contributed by atoms with E-state index in [1.54, 1.807) is 37.3 Å². The van der Waals surface area contributed by atoms with Crippen LogP contribution in [0.2, 0.25) is 0 Å². The number of carbonyl (C=O) groups is 1. The van der Waals surface area contributed by atoms with Crippen molar-refractivity contribution >= 4 is 37.3 Å². The quantitative estimate of drug-likeness (QED) is 0.556. The SMILES string of the molecule is CCS(=O)(=O)c1ccc(CC(=O)N2CCC(Oc3nc4ccc(F)cc4s3)CC2)cc1. The zero-order chi connectivity index (χ0) is 22.0. The topological polar surface area (TPSA) is 76.6 Å². The van der Waals surface area contributed by atoms with Gasteiger partial charge in [0.05, 0.1) is 27.3 Å². The highest BCUT2D eigenvalue weighted by atomic mass is 32.2. The molecule has 1 saturated heterocycles. The maximum atomic E-state index is 13.3. The Hall–Kier alpha value is -2.52. The van der Waals surface area contributed by atoms with Gasteiger partial charge in [-0.25, -0.2) is 17.8 Å². The lowest BCUT2D eigenvalue weighted by atomic mass is 10.1. The molecule has 0 atom stereocenters. The number of hydrogen-bond donors (Lipinski definition) is 0. The molecule has 4 rings (SSSR count). The van der Waals surface area contributed by atoms with E-state index in [2.05, 4.69) is 4.98 Å². The summed E-state index contributed by atoms with van der Waals surface area (Å²) in [5.74, 6) is -0.230. The number of likely N-dealkylation sites (tertiary alicyclic amines) is 1. The normalized spacial score (nSPS) is 15.4. The fourth-order valence-corrected chi connectivity index (χ4v) is 5.35. The molecule has 0 radical (unpaired) electrons. The smallest absolute Gasteiger partial charge is 0.274 e. The van der Waals surface area contributed by atoms with Crippen LogP contribution in [0.5, 0.6) is 5.19 Å². The highest BCUT2D eigenvalue weighted by Crippen LogP contribution is 2.30. The summed E-state index contributed by atoms with van der Waals surface area (Å²) in [6.07, 6.45) is 1.60. The lowest BCUT2D eigenvalue weighted by Crippen LogP contribution is -2.42. The van der Waals surface area contributed by atoms with E-state index in [1.807, 2.05) is 4.90 Å². The van der Waals surface area contributed by atoms with Gasteiger partial charge in [-0.1, -0.05) is 30.4 Å². The number of amides is 1. The molecule has 9 heteroatoms.